The van der Waals surface area contributed by atoms with Crippen molar-refractivity contribution in [1.29, 1.82) is 0 Å². The zero-order valence-corrected chi connectivity index (χ0v) is 42.4. The van der Waals surface area contributed by atoms with Gasteiger partial charge in [0.25, 0.3) is 0 Å². The molecule has 0 bridgehead atoms. The molecule has 0 heterocycles. The molecule has 0 aliphatic heterocycles. The molecule has 8 aliphatic rings. The molecule has 0 aromatic heterocycles. The Morgan fingerprint density at radius 3 is 0.591 bits per heavy atom. The molecule has 0 N–H and O–H groups in total. The van der Waals surface area contributed by atoms with Gasteiger partial charge in [0.2, 0.25) is 0 Å². The van der Waals surface area contributed by atoms with Crippen LogP contribution in [-0.4, -0.2) is 0 Å². The van der Waals surface area contributed by atoms with Crippen molar-refractivity contribution < 1.29 is 135 Å². The first-order chi connectivity index (χ1) is 29.9. The second kappa shape index (κ2) is 74.8. The first-order valence-corrected chi connectivity index (χ1v) is 17.1. The van der Waals surface area contributed by atoms with Crippen LogP contribution in [0.2, 0.25) is 0 Å². The summed E-state index contributed by atoms with van der Waals surface area (Å²) in [6.45, 7) is 27.0. The molecule has 0 amide bonds. The Balaban J connectivity index is -0.000000101. The SMILES string of the molecule is C(#C[C]1[CH][CH][CH][CH]1)[CH][C]([C]1[CH][CH][CH][CH]1)[C]([CH]C#C[C]1[CH][CH][CH][CH]1)[C]1[CH][CH][CH][CH]1.[C-]#[O+].[C-]#[O+].[C-]#[O+].[C-]#[O+].[C-]#[O+].[C-]#[O+].[CH]1[CH][CH][CH][CH]1.[CH]1[CH][CH][CH][CH]1.[CH]1[CH][CH][CH][CH]1.[CH]1[CH][CH][CH][CH]1.[Fe+2].[Fe+2].[Fe+2].[Fe+2].[Ru].[Ru]. The molecular formula is C54H38Fe4O6Ru2+8. The maximum Gasteiger partial charge on any atom is 2.00 e. The molecule has 0 saturated heterocycles. The minimum Gasteiger partial charge on any atom is -0.0312 e. The van der Waals surface area contributed by atoms with Crippen LogP contribution >= 0.6 is 0 Å². The Kier molecular flexibility index (Phi) is 98.2. The third kappa shape index (κ3) is 49.8. The Hall–Kier alpha value is 0.885. The summed E-state index contributed by atoms with van der Waals surface area (Å²) in [5.41, 5.74) is 0. The number of hydrogen-bond acceptors (Lipinski definition) is 0. The first kappa shape index (κ1) is 86.6. The second-order valence-electron chi connectivity index (χ2n) is 10.2. The summed E-state index contributed by atoms with van der Waals surface area (Å²) in [6.07, 6.45) is 76.7. The molecule has 0 aromatic rings. The summed E-state index contributed by atoms with van der Waals surface area (Å²) < 4.78 is 45.0. The van der Waals surface area contributed by atoms with E-state index in [-0.39, 0.29) is 107 Å². The van der Waals surface area contributed by atoms with Gasteiger partial charge in [-0.3, -0.25) is 0 Å². The molecule has 6 nitrogen and oxygen atoms in total. The van der Waals surface area contributed by atoms with Gasteiger partial charge < -0.3 is 0 Å². The Bertz CT molecular complexity index is 995. The van der Waals surface area contributed by atoms with Crippen molar-refractivity contribution in [3.05, 3.63) is 319 Å². The molecule has 0 unspecified atom stereocenters. The van der Waals surface area contributed by atoms with Crippen molar-refractivity contribution in [1.82, 2.24) is 0 Å². The van der Waals surface area contributed by atoms with E-state index in [1.807, 2.05) is 218 Å². The van der Waals surface area contributed by atoms with Crippen LogP contribution in [0.3, 0.4) is 0 Å². The van der Waals surface area contributed by atoms with Gasteiger partial charge in [-0.25, -0.2) is 0 Å². The summed E-state index contributed by atoms with van der Waals surface area (Å²) in [7, 11) is 0. The summed E-state index contributed by atoms with van der Waals surface area (Å²) in [5, 5.41) is 0. The van der Waals surface area contributed by atoms with Gasteiger partial charge in [-0.2, -0.15) is 0 Å². The predicted molar refractivity (Wildman–Crippen MR) is 222 cm³/mol. The molecule has 8 rings (SSSR count). The maximum absolute atomic E-state index is 7.50. The summed E-state index contributed by atoms with van der Waals surface area (Å²) >= 11 is 0. The van der Waals surface area contributed by atoms with Crippen LogP contribution in [-0.2, 0) is 135 Å². The maximum atomic E-state index is 7.50. The van der Waals surface area contributed by atoms with Crippen LogP contribution in [0.5, 0.6) is 0 Å². The Morgan fingerprint density at radius 1 is 0.273 bits per heavy atom. The summed E-state index contributed by atoms with van der Waals surface area (Å²) in [5.74, 6) is 19.3. The van der Waals surface area contributed by atoms with Gasteiger partial charge in [0, 0.05) is 63.6 Å². The molecule has 8 aliphatic carbocycles. The van der Waals surface area contributed by atoms with E-state index >= 15 is 0 Å². The summed E-state index contributed by atoms with van der Waals surface area (Å²) in [4.78, 5) is 0. The van der Waals surface area contributed by atoms with Gasteiger partial charge in [0.15, 0.2) is 0 Å². The fourth-order valence-corrected chi connectivity index (χ4v) is 4.32. The smallest absolute Gasteiger partial charge is 0.0312 e. The van der Waals surface area contributed by atoms with E-state index in [9.17, 15) is 0 Å². The average Bonchev–Trinajstić information content (AvgIpc) is 4.18. The van der Waals surface area contributed by atoms with E-state index < -0.39 is 0 Å². The zero-order valence-electron chi connectivity index (χ0n) is 34.5. The molecule has 8 fully saturated rings. The third-order valence-corrected chi connectivity index (χ3v) is 6.65. The second-order valence-corrected chi connectivity index (χ2v) is 10.2. The van der Waals surface area contributed by atoms with Crippen molar-refractivity contribution >= 4 is 0 Å². The first-order valence-electron chi connectivity index (χ1n) is 17.1. The fraction of sp³-hybridized carbons (Fsp3) is 0. The summed E-state index contributed by atoms with van der Waals surface area (Å²) in [6, 6.07) is 0. The molecule has 12 heteroatoms. The monoisotopic (exact) mass is 1210 g/mol. The van der Waals surface area contributed by atoms with E-state index in [0.29, 0.717) is 0 Å². The minimum atomic E-state index is 0. The van der Waals surface area contributed by atoms with Gasteiger partial charge in [0.1, 0.15) is 0 Å². The van der Waals surface area contributed by atoms with Crippen molar-refractivity contribution in [2.24, 2.45) is 0 Å². The largest absolute Gasteiger partial charge is 2.00 e. The van der Waals surface area contributed by atoms with Crippen LogP contribution in [0.25, 0.3) is 0 Å². The van der Waals surface area contributed by atoms with E-state index in [2.05, 4.69) is 89.3 Å². The van der Waals surface area contributed by atoms with Crippen LogP contribution < -0.4 is 0 Å². The quantitative estimate of drug-likeness (QED) is 0.115. The van der Waals surface area contributed by atoms with E-state index in [0.717, 1.165) is 35.5 Å². The van der Waals surface area contributed by atoms with Gasteiger partial charge in [-0.1, -0.05) is 23.7 Å². The van der Waals surface area contributed by atoms with Crippen molar-refractivity contribution in [3.8, 4) is 23.7 Å². The normalized spacial score (nSPS) is 18.0. The van der Waals surface area contributed by atoms with Crippen LogP contribution in [0.4, 0.5) is 0 Å². The Labute approximate surface area is 474 Å². The number of rotatable bonds is 5. The molecule has 8 saturated carbocycles. The van der Waals surface area contributed by atoms with Crippen LogP contribution in [0, 0.1) is 343 Å². The van der Waals surface area contributed by atoms with Crippen LogP contribution in [0.15, 0.2) is 0 Å². The van der Waals surface area contributed by atoms with Gasteiger partial charge in [0.05, 0.1) is 11.8 Å². The Morgan fingerprint density at radius 2 is 0.424 bits per heavy atom. The molecule has 44 radical (unpaired) electrons. The van der Waals surface area contributed by atoms with Crippen LogP contribution in [0.1, 0.15) is 0 Å². The zero-order chi connectivity index (χ0) is 45.2. The van der Waals surface area contributed by atoms with E-state index in [1.54, 1.807) is 0 Å². The standard InChI is InChI=1S/C28H18.4C5H5.6CO.4Fe.2Ru/c1-2-12-23(11-1)15-9-21-27(25-17-5-6-18-25)28(26-19-7-8-20-26)22-10-16-24-13-3-4-14-24;4*1-2-4-5-3-1;6*1-2;;;;;;/h1-8,11-14,17-22H;4*1-5H;;;;;;;;;;;;/q;;;;;;;;;;;4*+2;;. The van der Waals surface area contributed by atoms with Crippen molar-refractivity contribution in [2.75, 3.05) is 0 Å². The number of hydrogen-bond donors (Lipinski definition) is 0. The van der Waals surface area contributed by atoms with Gasteiger partial charge in [-0.15, -0.1) is 0 Å². The third-order valence-electron chi connectivity index (χ3n) is 6.65. The molecule has 0 atom stereocenters. The molecule has 330 valence electrons. The van der Waals surface area contributed by atoms with E-state index in [1.165, 1.54) is 0 Å². The van der Waals surface area contributed by atoms with Crippen molar-refractivity contribution in [3.63, 3.8) is 0 Å². The molecule has 0 aromatic carbocycles. The average molecular weight is 1210 g/mol. The molecular weight excluding hydrogens is 1170 g/mol. The van der Waals surface area contributed by atoms with Gasteiger partial charge >= 0.3 is 136 Å². The fourth-order valence-electron chi connectivity index (χ4n) is 4.32. The van der Waals surface area contributed by atoms with E-state index in [4.69, 9.17) is 27.9 Å². The van der Waals surface area contributed by atoms with Crippen molar-refractivity contribution in [2.45, 2.75) is 0 Å². The molecule has 66 heavy (non-hydrogen) atoms. The minimum absolute atomic E-state index is 0. The predicted octanol–water partition coefficient (Wildman–Crippen LogP) is 8.02. The topological polar surface area (TPSA) is 119 Å². The molecule has 0 spiro atoms. The van der Waals surface area contributed by atoms with Gasteiger partial charge in [-0.05, 0) is 243 Å².